The summed E-state index contributed by atoms with van der Waals surface area (Å²) in [4.78, 5) is 117. The first kappa shape index (κ1) is 51.7. The van der Waals surface area contributed by atoms with Gasteiger partial charge in [-0.05, 0) is 89.1 Å². The summed E-state index contributed by atoms with van der Waals surface area (Å²) in [5, 5.41) is 0. The van der Waals surface area contributed by atoms with E-state index in [1.807, 2.05) is 0 Å². The molecule has 0 atom stereocenters. The number of carbonyl (C=O) groups excluding carboxylic acids is 8. The lowest BCUT2D eigenvalue weighted by molar-refractivity contribution is -0.187. The molecular weight excluding hydrogens is 849 g/mol. The molecule has 14 nitrogen and oxygen atoms in total. The first-order valence-electron chi connectivity index (χ1n) is 22.5. The van der Waals surface area contributed by atoms with Gasteiger partial charge in [-0.3, -0.25) is 19.2 Å². The summed E-state index contributed by atoms with van der Waals surface area (Å²) in [6.07, 6.45) is 6.32. The van der Waals surface area contributed by atoms with E-state index >= 15 is 0 Å². The van der Waals surface area contributed by atoms with Crippen molar-refractivity contribution in [3.8, 4) is 11.5 Å². The Morgan fingerprint density at radius 1 is 0.424 bits per heavy atom. The average molecular weight is 907 g/mol. The molecule has 0 aromatic heterocycles. The van der Waals surface area contributed by atoms with Gasteiger partial charge in [0.25, 0.3) is 0 Å². The highest BCUT2D eigenvalue weighted by molar-refractivity contribution is 6.18. The number of carbonyl (C=O) groups is 8. The van der Waals surface area contributed by atoms with Gasteiger partial charge in [0.2, 0.25) is 0 Å². The summed E-state index contributed by atoms with van der Waals surface area (Å²) in [6.45, 7) is 10.6. The molecule has 4 rings (SSSR count). The fraction of sp³-hybridized carbons (Fsp3) is 0.385. The second kappa shape index (κ2) is 26.1. The van der Waals surface area contributed by atoms with Crippen molar-refractivity contribution in [3.63, 3.8) is 0 Å². The Hall–Kier alpha value is -6.96. The molecule has 0 saturated heterocycles. The molecular formula is C52H58O14. The molecule has 0 heterocycles. The van der Waals surface area contributed by atoms with Gasteiger partial charge in [0, 0.05) is 35.1 Å². The Morgan fingerprint density at radius 3 is 1.12 bits per heavy atom. The van der Waals surface area contributed by atoms with E-state index in [0.717, 1.165) is 51.4 Å². The Balaban J connectivity index is 1.61. The maximum atomic E-state index is 14.3. The number of rotatable bonds is 24. The number of hydrogen-bond donors (Lipinski definition) is 0. The quantitative estimate of drug-likeness (QED) is 0.0161. The molecule has 66 heavy (non-hydrogen) atoms. The third-order valence-electron chi connectivity index (χ3n) is 10.1. The predicted octanol–water partition coefficient (Wildman–Crippen LogP) is 12.0. The van der Waals surface area contributed by atoms with Crippen LogP contribution in [0.15, 0.2) is 84.9 Å². The zero-order valence-electron chi connectivity index (χ0n) is 38.4. The first-order valence-corrected chi connectivity index (χ1v) is 22.5. The van der Waals surface area contributed by atoms with E-state index in [0.29, 0.717) is 12.8 Å². The Morgan fingerprint density at radius 2 is 0.773 bits per heavy atom. The third kappa shape index (κ3) is 15.3. The van der Waals surface area contributed by atoms with E-state index in [1.54, 1.807) is 27.7 Å². The van der Waals surface area contributed by atoms with Crippen molar-refractivity contribution >= 4 is 47.4 Å². The first-order chi connectivity index (χ1) is 31.6. The van der Waals surface area contributed by atoms with E-state index in [-0.39, 0.29) is 80.4 Å². The maximum Gasteiger partial charge on any atom is 0.514 e. The van der Waals surface area contributed by atoms with Crippen LogP contribution in [0.1, 0.15) is 192 Å². The van der Waals surface area contributed by atoms with E-state index < -0.39 is 48.0 Å². The van der Waals surface area contributed by atoms with Crippen LogP contribution in [-0.2, 0) is 19.2 Å². The predicted molar refractivity (Wildman–Crippen MR) is 243 cm³/mol. The highest BCUT2D eigenvalue weighted by atomic mass is 17.2. The molecule has 0 saturated carbocycles. The molecule has 0 fully saturated rings. The van der Waals surface area contributed by atoms with Crippen LogP contribution in [0.2, 0.25) is 0 Å². The lowest BCUT2D eigenvalue weighted by Gasteiger charge is -2.14. The minimum absolute atomic E-state index is 0.186. The van der Waals surface area contributed by atoms with Gasteiger partial charge in [-0.25, -0.2) is 29.0 Å². The molecule has 0 unspecified atom stereocenters. The monoisotopic (exact) mass is 906 g/mol. The van der Waals surface area contributed by atoms with Gasteiger partial charge in [0.1, 0.15) is 11.5 Å². The Bertz CT molecular complexity index is 2210. The van der Waals surface area contributed by atoms with E-state index in [9.17, 15) is 38.4 Å². The van der Waals surface area contributed by atoms with Gasteiger partial charge < -0.3 is 18.9 Å². The molecule has 0 N–H and O–H groups in total. The van der Waals surface area contributed by atoms with Crippen molar-refractivity contribution in [2.75, 3.05) is 0 Å². The van der Waals surface area contributed by atoms with Gasteiger partial charge in [-0.1, -0.05) is 102 Å². The zero-order valence-corrected chi connectivity index (χ0v) is 38.4. The molecule has 0 amide bonds. The minimum Gasteiger partial charge on any atom is -0.431 e. The van der Waals surface area contributed by atoms with Crippen molar-refractivity contribution in [1.29, 1.82) is 0 Å². The summed E-state index contributed by atoms with van der Waals surface area (Å²) in [5.74, 6) is -5.16. The summed E-state index contributed by atoms with van der Waals surface area (Å²) in [6, 6.07) is 18.9. The van der Waals surface area contributed by atoms with Crippen LogP contribution in [-0.4, -0.2) is 59.6 Å². The second-order valence-corrected chi connectivity index (χ2v) is 16.1. The fourth-order valence-corrected chi connectivity index (χ4v) is 6.79. The molecule has 0 radical (unpaired) electrons. The van der Waals surface area contributed by atoms with Crippen molar-refractivity contribution in [3.05, 3.63) is 129 Å². The summed E-state index contributed by atoms with van der Waals surface area (Å²) in [5.41, 5.74) is -1.29. The molecule has 0 bridgehead atoms. The SMILES string of the molecule is CCCCCCCC(=O)c1ccc(OC(=O)OC(C)C)c(C(=O)c2ccccc2C(=O)OOC(=O)c2ccccc2C(=O)c2cc(C(=O)CCCCCCC)ccc2OC(=O)OC(C)C)c1. The van der Waals surface area contributed by atoms with Crippen LogP contribution in [0, 0.1) is 0 Å². The fourth-order valence-electron chi connectivity index (χ4n) is 6.79. The smallest absolute Gasteiger partial charge is 0.431 e. The standard InChI is InChI=1S/C52H58O14/c1-7-9-11-13-15-25-43(53)35-27-29-45(63-51(59)61-33(3)4)41(31-35)47(55)37-21-17-19-23-39(37)49(57)65-66-50(58)40-24-20-18-22-38(40)48(56)42-32-36(44(54)26-16-14-12-10-8-2)28-30-46(42)64-52(60)62-34(5)6/h17-24,27-34H,7-16,25-26H2,1-6H3. The second-order valence-electron chi connectivity index (χ2n) is 16.1. The average Bonchev–Trinajstić information content (AvgIpc) is 3.29. The van der Waals surface area contributed by atoms with Crippen LogP contribution in [0.5, 0.6) is 11.5 Å². The number of ether oxygens (including phenoxy) is 4. The number of ketones is 4. The molecule has 0 aliphatic heterocycles. The summed E-state index contributed by atoms with van der Waals surface area (Å²) >= 11 is 0. The van der Waals surface area contributed by atoms with E-state index in [4.69, 9.17) is 28.7 Å². The summed E-state index contributed by atoms with van der Waals surface area (Å²) in [7, 11) is 0. The largest absolute Gasteiger partial charge is 0.514 e. The van der Waals surface area contributed by atoms with Gasteiger partial charge in [-0.15, -0.1) is 0 Å². The number of hydrogen-bond acceptors (Lipinski definition) is 14. The van der Waals surface area contributed by atoms with Crippen LogP contribution in [0.4, 0.5) is 9.59 Å². The molecule has 0 aliphatic rings. The van der Waals surface area contributed by atoms with Crippen molar-refractivity contribution in [1.82, 2.24) is 0 Å². The number of unbranched alkanes of at least 4 members (excludes halogenated alkanes) is 8. The minimum atomic E-state index is -1.28. The molecule has 4 aromatic rings. The highest BCUT2D eigenvalue weighted by Gasteiger charge is 2.29. The van der Waals surface area contributed by atoms with Gasteiger partial charge in [-0.2, -0.15) is 0 Å². The topological polar surface area (TPSA) is 192 Å². The molecule has 0 aliphatic carbocycles. The zero-order chi connectivity index (χ0) is 48.2. The number of benzene rings is 4. The van der Waals surface area contributed by atoms with Gasteiger partial charge >= 0.3 is 24.2 Å². The van der Waals surface area contributed by atoms with E-state index in [2.05, 4.69) is 13.8 Å². The molecule has 0 spiro atoms. The summed E-state index contributed by atoms with van der Waals surface area (Å²) < 4.78 is 21.0. The molecule has 350 valence electrons. The third-order valence-corrected chi connectivity index (χ3v) is 10.1. The van der Waals surface area contributed by atoms with Crippen LogP contribution in [0.25, 0.3) is 0 Å². The highest BCUT2D eigenvalue weighted by Crippen LogP contribution is 2.29. The van der Waals surface area contributed by atoms with Crippen molar-refractivity contribution in [2.24, 2.45) is 0 Å². The maximum absolute atomic E-state index is 14.3. The van der Waals surface area contributed by atoms with Crippen LogP contribution < -0.4 is 9.47 Å². The lowest BCUT2D eigenvalue weighted by Crippen LogP contribution is -2.20. The molecule has 4 aromatic carbocycles. The van der Waals surface area contributed by atoms with Gasteiger partial charge in [0.15, 0.2) is 23.1 Å². The van der Waals surface area contributed by atoms with E-state index in [1.165, 1.54) is 84.9 Å². The Kier molecular flexibility index (Phi) is 20.4. The van der Waals surface area contributed by atoms with Crippen molar-refractivity contribution < 1.29 is 67.1 Å². The lowest BCUT2D eigenvalue weighted by atomic mass is 9.94. The van der Waals surface area contributed by atoms with Crippen LogP contribution >= 0.6 is 0 Å². The molecule has 14 heteroatoms. The number of Topliss-reactive ketones (excluding diaryl/α,β-unsaturated/α-hetero) is 2. The van der Waals surface area contributed by atoms with Crippen molar-refractivity contribution in [2.45, 2.75) is 131 Å². The van der Waals surface area contributed by atoms with Gasteiger partial charge in [0.05, 0.1) is 34.5 Å². The Labute approximate surface area is 385 Å². The van der Waals surface area contributed by atoms with Crippen LogP contribution in [0.3, 0.4) is 0 Å². The normalized spacial score (nSPS) is 10.8.